The molecule has 0 saturated carbocycles. The molecule has 0 radical (unpaired) electrons. The van der Waals surface area contributed by atoms with Gasteiger partial charge in [0.2, 0.25) is 0 Å². The van der Waals surface area contributed by atoms with Crippen molar-refractivity contribution < 1.29 is 59.8 Å². The molecule has 0 rings (SSSR count). The maximum Gasteiger partial charge on any atom is 0.522 e. The monoisotopic (exact) mass is 404 g/mol. The molecule has 0 aliphatic rings. The van der Waals surface area contributed by atoms with Crippen LogP contribution in [0.2, 0.25) is 0 Å². The van der Waals surface area contributed by atoms with Gasteiger partial charge in [0, 0.05) is 0 Å². The Balaban J connectivity index is -0.000000338. The number of alkyl halides is 6. The van der Waals surface area contributed by atoms with Crippen molar-refractivity contribution in [1.82, 2.24) is 0 Å². The molecule has 0 aliphatic heterocycles. The molecular weight excluding hydrogens is 378 g/mol. The average Bonchev–Trinajstić information content (AvgIpc) is 2.20. The fourth-order valence-electron chi connectivity index (χ4n) is 0.870. The molecule has 0 aromatic carbocycles. The number of rotatable bonds is 6. The number of carbonyl (C=O) groups is 1. The van der Waals surface area contributed by atoms with Crippen LogP contribution < -0.4 is 10.2 Å². The third-order valence-electron chi connectivity index (χ3n) is 2.06. The number of quaternary nitrogens is 2. The van der Waals surface area contributed by atoms with Gasteiger partial charge in [-0.25, -0.2) is 0 Å². The van der Waals surface area contributed by atoms with Gasteiger partial charge in [-0.05, 0) is 6.16 Å². The zero-order valence-electron chi connectivity index (χ0n) is 15.5. The van der Waals surface area contributed by atoms with Gasteiger partial charge in [0.1, 0.15) is 26.3 Å². The van der Waals surface area contributed by atoms with E-state index >= 15 is 0 Å². The second-order valence-corrected chi connectivity index (χ2v) is 6.87. The van der Waals surface area contributed by atoms with Crippen molar-refractivity contribution in [2.45, 2.75) is 12.7 Å². The van der Waals surface area contributed by atoms with Crippen LogP contribution in [0.1, 0.15) is 0 Å². The molecule has 0 spiro atoms. The minimum Gasteiger partial charge on any atom is -0.652 e. The van der Waals surface area contributed by atoms with Crippen molar-refractivity contribution in [2.24, 2.45) is 0 Å². The highest BCUT2D eigenvalue weighted by Crippen LogP contribution is 2.16. The Morgan fingerprint density at radius 2 is 0.923 bits per heavy atom. The Bertz CT molecular complexity index is 313. The molecule has 26 heavy (non-hydrogen) atoms. The van der Waals surface area contributed by atoms with E-state index in [9.17, 15) is 26.3 Å². The van der Waals surface area contributed by atoms with Gasteiger partial charge in [-0.3, -0.25) is 9.47 Å². The second-order valence-electron chi connectivity index (χ2n) is 6.87. The van der Waals surface area contributed by atoms with Crippen LogP contribution in [0.5, 0.6) is 0 Å². The molecule has 0 unspecified atom stereocenters. The van der Waals surface area contributed by atoms with Gasteiger partial charge in [-0.1, -0.05) is 0 Å². The topological polar surface area (TPSA) is 81.7 Å². The molecule has 13 heteroatoms. The number of hydrogen-bond donors (Lipinski definition) is 0. The molecule has 160 valence electrons. The van der Waals surface area contributed by atoms with E-state index in [0.717, 1.165) is 0 Å². The summed E-state index contributed by atoms with van der Waals surface area (Å²) in [5, 5.41) is 16.7. The number of likely N-dealkylation sites (N-methyl/N-ethyl adjacent to an activating group) is 2. The van der Waals surface area contributed by atoms with Crippen LogP contribution in [-0.2, 0) is 9.47 Å². The van der Waals surface area contributed by atoms with E-state index in [1.807, 2.05) is 0 Å². The maximum atomic E-state index is 11.4. The summed E-state index contributed by atoms with van der Waals surface area (Å²) in [6.45, 7) is 0.124. The summed E-state index contributed by atoms with van der Waals surface area (Å²) >= 11 is 0. The predicted octanol–water partition coefficient (Wildman–Crippen LogP) is 0.0110. The van der Waals surface area contributed by atoms with Crippen molar-refractivity contribution in [3.63, 3.8) is 0 Å². The molecule has 0 aromatic heterocycles. The van der Waals surface area contributed by atoms with Crippen molar-refractivity contribution in [1.29, 1.82) is 0 Å². The lowest BCUT2D eigenvalue weighted by atomic mass is 10.5. The molecule has 0 atom stereocenters. The van der Waals surface area contributed by atoms with Crippen LogP contribution in [0.15, 0.2) is 0 Å². The minimum atomic E-state index is -4.49. The molecule has 0 N–H and O–H groups in total. The van der Waals surface area contributed by atoms with Gasteiger partial charge < -0.3 is 24.0 Å². The highest BCUT2D eigenvalue weighted by atomic mass is 19.4. The number of nitrogens with zero attached hydrogens (tertiary/aromatic N) is 2. The Morgan fingerprint density at radius 3 is 1.04 bits per heavy atom. The van der Waals surface area contributed by atoms with Crippen LogP contribution in [0.3, 0.4) is 0 Å². The van der Waals surface area contributed by atoms with E-state index in [1.54, 1.807) is 42.3 Å². The van der Waals surface area contributed by atoms with E-state index in [2.05, 4.69) is 9.47 Å². The Kier molecular flexibility index (Phi) is 13.8. The Hall–Kier alpha value is -1.31. The Labute approximate surface area is 148 Å². The fraction of sp³-hybridized carbons (Fsp3) is 0.923. The lowest BCUT2D eigenvalue weighted by molar-refractivity contribution is -0.871. The van der Waals surface area contributed by atoms with Crippen LogP contribution in [-0.4, -0.2) is 96.4 Å². The molecule has 0 aliphatic carbocycles. The first-order valence-corrected chi connectivity index (χ1v) is 7.05. The van der Waals surface area contributed by atoms with Crippen molar-refractivity contribution in [2.75, 3.05) is 68.6 Å². The summed E-state index contributed by atoms with van der Waals surface area (Å²) in [7, 11) is 10.8. The summed E-state index contributed by atoms with van der Waals surface area (Å²) in [4.78, 5) is 8.33. The summed E-state index contributed by atoms with van der Waals surface area (Å²) in [6, 6.07) is 0. The first-order valence-electron chi connectivity index (χ1n) is 7.05. The van der Waals surface area contributed by atoms with Crippen molar-refractivity contribution >= 4 is 6.16 Å². The van der Waals surface area contributed by atoms with Crippen LogP contribution in [0.25, 0.3) is 0 Å². The van der Waals surface area contributed by atoms with E-state index in [4.69, 9.17) is 15.0 Å². The molecular formula is C13H26F6N2O5. The zero-order chi connectivity index (χ0) is 21.8. The first kappa shape index (κ1) is 29.5. The average molecular weight is 404 g/mol. The van der Waals surface area contributed by atoms with Crippen molar-refractivity contribution in [3.8, 4) is 0 Å². The highest BCUT2D eigenvalue weighted by Gasteiger charge is 2.30. The van der Waals surface area contributed by atoms with E-state index in [-0.39, 0.29) is 13.2 Å². The smallest absolute Gasteiger partial charge is 0.522 e. The third kappa shape index (κ3) is 49.5. The number of halogens is 6. The van der Waals surface area contributed by atoms with Gasteiger partial charge in [-0.15, -0.1) is 26.3 Å². The molecule has 7 nitrogen and oxygen atoms in total. The molecule has 0 amide bonds. The molecule has 0 aromatic rings. The number of carbonyl (C=O) groups excluding carboxylic acids is 1. The summed E-state index contributed by atoms with van der Waals surface area (Å²) in [5.74, 6) is 0. The summed E-state index contributed by atoms with van der Waals surface area (Å²) < 4.78 is 76.5. The lowest BCUT2D eigenvalue weighted by Crippen LogP contribution is -2.38. The lowest BCUT2D eigenvalue weighted by Gasteiger charge is -2.23. The number of ether oxygens (including phenoxy) is 2. The van der Waals surface area contributed by atoms with Crippen LogP contribution in [0, 0.1) is 0 Å². The third-order valence-corrected chi connectivity index (χ3v) is 2.06. The molecule has 0 fully saturated rings. The SMILES string of the molecule is C[N+](C)(C)CCOC(F)(F)F.C[N+](C)(C)CCOC(F)(F)F.O=C([O-])[O-]. The molecule has 0 bridgehead atoms. The summed E-state index contributed by atoms with van der Waals surface area (Å²) in [5.41, 5.74) is 0. The van der Waals surface area contributed by atoms with E-state index in [1.165, 1.54) is 0 Å². The fourth-order valence-corrected chi connectivity index (χ4v) is 0.870. The van der Waals surface area contributed by atoms with Gasteiger partial charge in [-0.2, -0.15) is 0 Å². The maximum absolute atomic E-state index is 11.4. The van der Waals surface area contributed by atoms with E-state index < -0.39 is 18.9 Å². The highest BCUT2D eigenvalue weighted by molar-refractivity contribution is 5.47. The van der Waals surface area contributed by atoms with Gasteiger partial charge >= 0.3 is 12.7 Å². The zero-order valence-corrected chi connectivity index (χ0v) is 15.5. The Morgan fingerprint density at radius 1 is 0.731 bits per heavy atom. The number of hydrogen-bond acceptors (Lipinski definition) is 5. The summed E-state index contributed by atoms with van der Waals surface area (Å²) in [6.07, 6.45) is -11.3. The quantitative estimate of drug-likeness (QED) is 0.460. The second kappa shape index (κ2) is 12.1. The van der Waals surface area contributed by atoms with Gasteiger partial charge in [0.15, 0.2) is 0 Å². The molecule has 0 heterocycles. The van der Waals surface area contributed by atoms with Crippen LogP contribution >= 0.6 is 0 Å². The largest absolute Gasteiger partial charge is 0.652 e. The minimum absolute atomic E-state index is 0.285. The molecule has 0 saturated heterocycles. The van der Waals surface area contributed by atoms with Crippen molar-refractivity contribution in [3.05, 3.63) is 0 Å². The van der Waals surface area contributed by atoms with E-state index in [0.29, 0.717) is 22.1 Å². The normalized spacial score (nSPS) is 12.5. The number of carboxylic acid groups (broad SMARTS) is 2. The predicted molar refractivity (Wildman–Crippen MR) is 75.2 cm³/mol. The first-order chi connectivity index (χ1) is 11.1. The standard InChI is InChI=1S/2C6H13F3NO.CH2O3/c2*1-10(2,3)4-5-11-6(7,8)9;2-1(3)4/h2*4-5H2,1-3H3;(H2,2,3,4)/q2*+1;/p-2. The van der Waals surface area contributed by atoms with Gasteiger partial charge in [0.25, 0.3) is 0 Å². The van der Waals surface area contributed by atoms with Gasteiger partial charge in [0.05, 0.1) is 42.3 Å². The van der Waals surface area contributed by atoms with Crippen LogP contribution in [0.4, 0.5) is 31.1 Å².